The minimum absolute atomic E-state index is 0.000580. The Hall–Kier alpha value is -3.76. The summed E-state index contributed by atoms with van der Waals surface area (Å²) < 4.78 is 58.0. The number of amides is 1. The van der Waals surface area contributed by atoms with E-state index in [2.05, 4.69) is 20.5 Å². The molecule has 1 N–H and O–H groups in total. The van der Waals surface area contributed by atoms with Crippen molar-refractivity contribution in [2.75, 3.05) is 5.32 Å². The van der Waals surface area contributed by atoms with Crippen molar-refractivity contribution in [1.82, 2.24) is 24.5 Å². The molecule has 0 bridgehead atoms. The van der Waals surface area contributed by atoms with Crippen LogP contribution in [-0.4, -0.2) is 30.5 Å². The van der Waals surface area contributed by atoms with Gasteiger partial charge in [-0.05, 0) is 38.8 Å². The van der Waals surface area contributed by atoms with Crippen molar-refractivity contribution in [1.29, 1.82) is 0 Å². The monoisotopic (exact) mass is 486 g/mol. The average Bonchev–Trinajstić information content (AvgIpc) is 3.52. The van der Waals surface area contributed by atoms with Crippen molar-refractivity contribution in [3.05, 3.63) is 70.4 Å². The fourth-order valence-electron chi connectivity index (χ4n) is 4.13. The van der Waals surface area contributed by atoms with E-state index in [-0.39, 0.29) is 47.4 Å². The third kappa shape index (κ3) is 4.62. The van der Waals surface area contributed by atoms with Crippen LogP contribution in [0.1, 0.15) is 47.0 Å². The number of halogens is 4. The van der Waals surface area contributed by atoms with Crippen molar-refractivity contribution in [2.24, 2.45) is 0 Å². The van der Waals surface area contributed by atoms with Crippen LogP contribution in [0.25, 0.3) is 11.0 Å². The van der Waals surface area contributed by atoms with Crippen molar-refractivity contribution in [3.8, 4) is 0 Å². The number of aromatic nitrogens is 5. The lowest BCUT2D eigenvalue weighted by atomic mass is 10.1. The SMILES string of the molecule is Cc1nn(CC(=O)Nc2cc(C)n(Cc3ccccc3F)n2)c2nc(C3CC3)cc(C(F)(F)F)c12. The molecule has 35 heavy (non-hydrogen) atoms. The summed E-state index contributed by atoms with van der Waals surface area (Å²) in [4.78, 5) is 17.2. The van der Waals surface area contributed by atoms with Crippen molar-refractivity contribution in [2.45, 2.75) is 51.9 Å². The fraction of sp³-hybridized carbons (Fsp3) is 0.333. The minimum Gasteiger partial charge on any atom is -0.308 e. The molecule has 3 heterocycles. The Morgan fingerprint density at radius 1 is 1.11 bits per heavy atom. The first-order chi connectivity index (χ1) is 16.6. The summed E-state index contributed by atoms with van der Waals surface area (Å²) in [5, 5.41) is 11.0. The van der Waals surface area contributed by atoms with Crippen molar-refractivity contribution in [3.63, 3.8) is 0 Å². The smallest absolute Gasteiger partial charge is 0.308 e. The molecular weight excluding hydrogens is 464 g/mol. The molecule has 182 valence electrons. The number of fused-ring (bicyclic) bond motifs is 1. The molecule has 1 aliphatic rings. The van der Waals surface area contributed by atoms with Crippen LogP contribution in [0.4, 0.5) is 23.4 Å². The number of anilines is 1. The Morgan fingerprint density at radius 2 is 1.86 bits per heavy atom. The first-order valence-electron chi connectivity index (χ1n) is 11.1. The Balaban J connectivity index is 1.39. The first-order valence-corrected chi connectivity index (χ1v) is 11.1. The van der Waals surface area contributed by atoms with Crippen LogP contribution >= 0.6 is 0 Å². The Kier molecular flexibility index (Phi) is 5.57. The molecule has 3 aromatic heterocycles. The topological polar surface area (TPSA) is 77.6 Å². The number of pyridine rings is 1. The number of hydrogen-bond donors (Lipinski definition) is 1. The van der Waals surface area contributed by atoms with E-state index in [9.17, 15) is 22.4 Å². The lowest BCUT2D eigenvalue weighted by Gasteiger charge is -2.11. The molecule has 7 nitrogen and oxygen atoms in total. The maximum absolute atomic E-state index is 14.0. The van der Waals surface area contributed by atoms with E-state index in [4.69, 9.17) is 0 Å². The zero-order valence-electron chi connectivity index (χ0n) is 19.0. The minimum atomic E-state index is -4.56. The molecule has 1 aliphatic carbocycles. The fourth-order valence-corrected chi connectivity index (χ4v) is 4.13. The van der Waals surface area contributed by atoms with E-state index >= 15 is 0 Å². The highest BCUT2D eigenvalue weighted by Crippen LogP contribution is 2.43. The van der Waals surface area contributed by atoms with E-state index < -0.39 is 17.6 Å². The number of benzene rings is 1. The predicted molar refractivity (Wildman–Crippen MR) is 120 cm³/mol. The highest BCUT2D eigenvalue weighted by molar-refractivity contribution is 5.91. The van der Waals surface area contributed by atoms with E-state index in [1.54, 1.807) is 35.9 Å². The summed E-state index contributed by atoms with van der Waals surface area (Å²) in [7, 11) is 0. The molecule has 0 aliphatic heterocycles. The average molecular weight is 486 g/mol. The second-order valence-corrected chi connectivity index (χ2v) is 8.78. The summed E-state index contributed by atoms with van der Waals surface area (Å²) in [5.41, 5.74) is 0.933. The highest BCUT2D eigenvalue weighted by Gasteiger charge is 2.37. The third-order valence-corrected chi connectivity index (χ3v) is 6.02. The zero-order valence-corrected chi connectivity index (χ0v) is 19.0. The standard InChI is InChI=1S/C24H22F4N6O/c1-13-9-20(32-33(13)11-16-5-3-4-6-18(16)25)30-21(35)12-34-23-22(14(2)31-34)17(24(26,27)28)10-19(29-23)15-7-8-15/h3-6,9-10,15H,7-8,11-12H2,1-2H3,(H,30,32,35). The molecule has 1 amide bonds. The molecule has 1 fully saturated rings. The molecule has 4 aromatic rings. The zero-order chi connectivity index (χ0) is 24.9. The highest BCUT2D eigenvalue weighted by atomic mass is 19.4. The molecular formula is C24H22F4N6O. The second-order valence-electron chi connectivity index (χ2n) is 8.78. The maximum atomic E-state index is 14.0. The molecule has 0 atom stereocenters. The Bertz CT molecular complexity index is 1430. The van der Waals surface area contributed by atoms with E-state index in [1.165, 1.54) is 17.7 Å². The molecule has 0 saturated heterocycles. The number of carbonyl (C=O) groups is 1. The van der Waals surface area contributed by atoms with Crippen LogP contribution in [0.5, 0.6) is 0 Å². The van der Waals surface area contributed by atoms with Gasteiger partial charge in [-0.1, -0.05) is 18.2 Å². The van der Waals surface area contributed by atoms with Crippen molar-refractivity contribution < 1.29 is 22.4 Å². The summed E-state index contributed by atoms with van der Waals surface area (Å²) >= 11 is 0. The molecule has 1 saturated carbocycles. The van der Waals surface area contributed by atoms with E-state index in [0.29, 0.717) is 17.0 Å². The number of nitrogens with zero attached hydrogens (tertiary/aromatic N) is 5. The van der Waals surface area contributed by atoms with Crippen LogP contribution in [-0.2, 0) is 24.1 Å². The van der Waals surface area contributed by atoms with Gasteiger partial charge in [0.05, 0.1) is 23.2 Å². The molecule has 11 heteroatoms. The Labute approximate surface area is 197 Å². The maximum Gasteiger partial charge on any atom is 0.417 e. The summed E-state index contributed by atoms with van der Waals surface area (Å²) in [6, 6.07) is 9.07. The van der Waals surface area contributed by atoms with Crippen LogP contribution in [0.15, 0.2) is 36.4 Å². The predicted octanol–water partition coefficient (Wildman–Crippen LogP) is 4.97. The lowest BCUT2D eigenvalue weighted by Crippen LogP contribution is -2.20. The largest absolute Gasteiger partial charge is 0.417 e. The van der Waals surface area contributed by atoms with Gasteiger partial charge in [0.25, 0.3) is 0 Å². The van der Waals surface area contributed by atoms with Crippen molar-refractivity contribution >= 4 is 22.8 Å². The normalized spacial score (nSPS) is 14.0. The first kappa shape index (κ1) is 23.0. The number of aryl methyl sites for hydroxylation is 2. The molecule has 0 spiro atoms. The number of nitrogens with one attached hydrogen (secondary N) is 1. The lowest BCUT2D eigenvalue weighted by molar-refractivity contribution is -0.136. The number of carbonyl (C=O) groups excluding carboxylic acids is 1. The van der Waals surface area contributed by atoms with Crippen LogP contribution in [0.2, 0.25) is 0 Å². The van der Waals surface area contributed by atoms with Gasteiger partial charge in [-0.25, -0.2) is 14.1 Å². The molecule has 0 radical (unpaired) electrons. The number of rotatable bonds is 6. The van der Waals surface area contributed by atoms with Gasteiger partial charge in [-0.3, -0.25) is 9.48 Å². The van der Waals surface area contributed by atoms with Gasteiger partial charge in [-0.15, -0.1) is 0 Å². The van der Waals surface area contributed by atoms with E-state index in [0.717, 1.165) is 18.9 Å². The quantitative estimate of drug-likeness (QED) is 0.391. The van der Waals surface area contributed by atoms with Gasteiger partial charge in [0.2, 0.25) is 5.91 Å². The van der Waals surface area contributed by atoms with Gasteiger partial charge in [-0.2, -0.15) is 23.4 Å². The van der Waals surface area contributed by atoms with Crippen LogP contribution in [0, 0.1) is 19.7 Å². The van der Waals surface area contributed by atoms with Gasteiger partial charge in [0, 0.05) is 28.9 Å². The molecule has 1 aromatic carbocycles. The van der Waals surface area contributed by atoms with Gasteiger partial charge in [0.15, 0.2) is 11.5 Å². The van der Waals surface area contributed by atoms with Gasteiger partial charge < -0.3 is 5.32 Å². The number of alkyl halides is 3. The van der Waals surface area contributed by atoms with Crippen LogP contribution in [0.3, 0.4) is 0 Å². The summed E-state index contributed by atoms with van der Waals surface area (Å²) in [6.45, 7) is 3.10. The Morgan fingerprint density at radius 3 is 2.54 bits per heavy atom. The third-order valence-electron chi connectivity index (χ3n) is 6.02. The summed E-state index contributed by atoms with van der Waals surface area (Å²) in [6.07, 6.45) is -2.98. The second kappa shape index (κ2) is 8.47. The number of hydrogen-bond acceptors (Lipinski definition) is 4. The van der Waals surface area contributed by atoms with Gasteiger partial charge >= 0.3 is 6.18 Å². The van der Waals surface area contributed by atoms with E-state index in [1.807, 2.05) is 0 Å². The van der Waals surface area contributed by atoms with Crippen LogP contribution < -0.4 is 5.32 Å². The molecule has 0 unspecified atom stereocenters. The van der Waals surface area contributed by atoms with Gasteiger partial charge in [0.1, 0.15) is 12.4 Å². The molecule has 5 rings (SSSR count). The summed E-state index contributed by atoms with van der Waals surface area (Å²) in [5.74, 6) is -0.624.